The van der Waals surface area contributed by atoms with Crippen LogP contribution in [-0.2, 0) is 4.79 Å². The lowest BCUT2D eigenvalue weighted by Gasteiger charge is -2.13. The van der Waals surface area contributed by atoms with Gasteiger partial charge in [-0.15, -0.1) is 0 Å². The molecule has 0 aromatic carbocycles. The lowest BCUT2D eigenvalue weighted by atomic mass is 10.2. The first-order chi connectivity index (χ1) is 8.72. The SMILES string of the molecule is CCCCNC(=O)C(C)NCCCCCCSC. The van der Waals surface area contributed by atoms with Crippen LogP contribution in [0.1, 0.15) is 52.4 Å². The van der Waals surface area contributed by atoms with Crippen LogP contribution >= 0.6 is 11.8 Å². The Morgan fingerprint density at radius 3 is 2.50 bits per heavy atom. The van der Waals surface area contributed by atoms with Crippen molar-refractivity contribution in [3.8, 4) is 0 Å². The molecular weight excluding hydrogens is 244 g/mol. The number of carbonyl (C=O) groups is 1. The van der Waals surface area contributed by atoms with Crippen molar-refractivity contribution in [2.45, 2.75) is 58.4 Å². The quantitative estimate of drug-likeness (QED) is 0.538. The van der Waals surface area contributed by atoms with Crippen molar-refractivity contribution in [2.75, 3.05) is 25.1 Å². The van der Waals surface area contributed by atoms with Gasteiger partial charge in [-0.3, -0.25) is 4.79 Å². The van der Waals surface area contributed by atoms with Gasteiger partial charge in [0.2, 0.25) is 5.91 Å². The predicted octanol–water partition coefficient (Wildman–Crippen LogP) is 2.80. The van der Waals surface area contributed by atoms with Crippen molar-refractivity contribution in [1.82, 2.24) is 10.6 Å². The Hall–Kier alpha value is -0.220. The summed E-state index contributed by atoms with van der Waals surface area (Å²) in [7, 11) is 0. The molecule has 18 heavy (non-hydrogen) atoms. The fraction of sp³-hybridized carbons (Fsp3) is 0.929. The Bertz CT molecular complexity index is 200. The van der Waals surface area contributed by atoms with Crippen LogP contribution in [0.2, 0.25) is 0 Å². The molecule has 0 aromatic rings. The zero-order valence-electron chi connectivity index (χ0n) is 12.3. The standard InChI is InChI=1S/C14H30N2OS/c1-4-5-10-16-14(17)13(2)15-11-8-6-7-9-12-18-3/h13,15H,4-12H2,1-3H3,(H,16,17). The van der Waals surface area contributed by atoms with Gasteiger partial charge in [0.1, 0.15) is 0 Å². The number of hydrogen-bond acceptors (Lipinski definition) is 3. The summed E-state index contributed by atoms with van der Waals surface area (Å²) in [5, 5.41) is 6.23. The molecule has 108 valence electrons. The van der Waals surface area contributed by atoms with Crippen molar-refractivity contribution in [3.05, 3.63) is 0 Å². The molecule has 0 bridgehead atoms. The summed E-state index contributed by atoms with van der Waals surface area (Å²) in [6.07, 6.45) is 9.39. The van der Waals surface area contributed by atoms with Crippen LogP contribution < -0.4 is 10.6 Å². The first-order valence-corrected chi connectivity index (χ1v) is 8.61. The summed E-state index contributed by atoms with van der Waals surface area (Å²) in [5.41, 5.74) is 0. The summed E-state index contributed by atoms with van der Waals surface area (Å²) in [6, 6.07) is -0.0620. The summed E-state index contributed by atoms with van der Waals surface area (Å²) < 4.78 is 0. The van der Waals surface area contributed by atoms with Crippen LogP contribution in [-0.4, -0.2) is 37.0 Å². The molecule has 0 spiro atoms. The monoisotopic (exact) mass is 274 g/mol. The highest BCUT2D eigenvalue weighted by molar-refractivity contribution is 7.98. The highest BCUT2D eigenvalue weighted by Gasteiger charge is 2.10. The van der Waals surface area contributed by atoms with Crippen LogP contribution in [0, 0.1) is 0 Å². The first-order valence-electron chi connectivity index (χ1n) is 7.22. The fourth-order valence-electron chi connectivity index (χ4n) is 1.68. The van der Waals surface area contributed by atoms with Crippen LogP contribution in [0.3, 0.4) is 0 Å². The van der Waals surface area contributed by atoms with Crippen LogP contribution in [0.5, 0.6) is 0 Å². The summed E-state index contributed by atoms with van der Waals surface area (Å²) in [6.45, 7) is 5.82. The van der Waals surface area contributed by atoms with E-state index in [1.54, 1.807) is 0 Å². The molecule has 0 saturated carbocycles. The third-order valence-corrected chi connectivity index (χ3v) is 3.65. The van der Waals surface area contributed by atoms with E-state index in [0.29, 0.717) is 0 Å². The molecule has 4 heteroatoms. The molecule has 0 saturated heterocycles. The van der Waals surface area contributed by atoms with Gasteiger partial charge < -0.3 is 10.6 Å². The van der Waals surface area contributed by atoms with E-state index < -0.39 is 0 Å². The fourth-order valence-corrected chi connectivity index (χ4v) is 2.17. The predicted molar refractivity (Wildman–Crippen MR) is 82.2 cm³/mol. The van der Waals surface area contributed by atoms with Crippen LogP contribution in [0.15, 0.2) is 0 Å². The third-order valence-electron chi connectivity index (χ3n) is 2.95. The van der Waals surface area contributed by atoms with Crippen molar-refractivity contribution in [3.63, 3.8) is 0 Å². The van der Waals surface area contributed by atoms with Crippen molar-refractivity contribution in [1.29, 1.82) is 0 Å². The van der Waals surface area contributed by atoms with E-state index in [4.69, 9.17) is 0 Å². The lowest BCUT2D eigenvalue weighted by molar-refractivity contribution is -0.122. The number of unbranched alkanes of at least 4 members (excludes halogenated alkanes) is 4. The van der Waals surface area contributed by atoms with Crippen LogP contribution in [0.25, 0.3) is 0 Å². The number of thioether (sulfide) groups is 1. The van der Waals surface area contributed by atoms with Gasteiger partial charge in [0.25, 0.3) is 0 Å². The average Bonchev–Trinajstić information content (AvgIpc) is 2.37. The van der Waals surface area contributed by atoms with Gasteiger partial charge in [0.05, 0.1) is 6.04 Å². The molecule has 0 radical (unpaired) electrons. The number of nitrogens with one attached hydrogen (secondary N) is 2. The van der Waals surface area contributed by atoms with E-state index in [1.165, 1.54) is 31.4 Å². The Kier molecular flexibility index (Phi) is 13.1. The Morgan fingerprint density at radius 2 is 1.83 bits per heavy atom. The largest absolute Gasteiger partial charge is 0.355 e. The summed E-state index contributed by atoms with van der Waals surface area (Å²) in [4.78, 5) is 11.6. The normalized spacial score (nSPS) is 12.4. The topological polar surface area (TPSA) is 41.1 Å². The molecule has 1 amide bonds. The Morgan fingerprint density at radius 1 is 1.11 bits per heavy atom. The minimum absolute atomic E-state index is 0.0620. The van der Waals surface area contributed by atoms with Gasteiger partial charge in [-0.05, 0) is 44.7 Å². The maximum Gasteiger partial charge on any atom is 0.236 e. The zero-order valence-corrected chi connectivity index (χ0v) is 13.1. The molecule has 3 nitrogen and oxygen atoms in total. The van der Waals surface area contributed by atoms with Gasteiger partial charge in [-0.25, -0.2) is 0 Å². The van der Waals surface area contributed by atoms with Gasteiger partial charge in [0, 0.05) is 6.54 Å². The number of carbonyl (C=O) groups excluding carboxylic acids is 1. The highest BCUT2D eigenvalue weighted by Crippen LogP contribution is 2.03. The Balaban J connectivity index is 3.34. The molecule has 2 N–H and O–H groups in total. The van der Waals surface area contributed by atoms with Crippen LogP contribution in [0.4, 0.5) is 0 Å². The Labute approximate surface area is 117 Å². The van der Waals surface area contributed by atoms with E-state index in [2.05, 4.69) is 23.8 Å². The van der Waals surface area contributed by atoms with E-state index in [-0.39, 0.29) is 11.9 Å². The molecule has 0 rings (SSSR count). The zero-order chi connectivity index (χ0) is 13.6. The summed E-state index contributed by atoms with van der Waals surface area (Å²) >= 11 is 1.92. The molecule has 1 atom stereocenters. The molecular formula is C14H30N2OS. The minimum Gasteiger partial charge on any atom is -0.355 e. The average molecular weight is 274 g/mol. The molecule has 0 aromatic heterocycles. The van der Waals surface area contributed by atoms with E-state index in [9.17, 15) is 4.79 Å². The lowest BCUT2D eigenvalue weighted by Crippen LogP contribution is -2.42. The number of amides is 1. The molecule has 0 fully saturated rings. The van der Waals surface area contributed by atoms with Gasteiger partial charge >= 0.3 is 0 Å². The maximum atomic E-state index is 11.6. The second-order valence-corrected chi connectivity index (χ2v) is 5.71. The smallest absolute Gasteiger partial charge is 0.236 e. The van der Waals surface area contributed by atoms with E-state index in [1.807, 2.05) is 18.7 Å². The second-order valence-electron chi connectivity index (χ2n) is 4.73. The molecule has 0 heterocycles. The van der Waals surface area contributed by atoms with E-state index >= 15 is 0 Å². The third kappa shape index (κ3) is 10.9. The highest BCUT2D eigenvalue weighted by atomic mass is 32.2. The van der Waals surface area contributed by atoms with Gasteiger partial charge in [-0.1, -0.05) is 26.2 Å². The molecule has 0 aliphatic heterocycles. The second kappa shape index (κ2) is 13.2. The number of hydrogen-bond donors (Lipinski definition) is 2. The van der Waals surface area contributed by atoms with Crippen molar-refractivity contribution < 1.29 is 4.79 Å². The minimum atomic E-state index is -0.0620. The van der Waals surface area contributed by atoms with E-state index in [0.717, 1.165) is 25.9 Å². The summed E-state index contributed by atoms with van der Waals surface area (Å²) in [5.74, 6) is 1.40. The molecule has 1 unspecified atom stereocenters. The number of rotatable bonds is 12. The van der Waals surface area contributed by atoms with Crippen molar-refractivity contribution in [2.24, 2.45) is 0 Å². The van der Waals surface area contributed by atoms with Gasteiger partial charge in [-0.2, -0.15) is 11.8 Å². The molecule has 0 aliphatic rings. The first kappa shape index (κ1) is 17.8. The molecule has 0 aliphatic carbocycles. The van der Waals surface area contributed by atoms with Gasteiger partial charge in [0.15, 0.2) is 0 Å². The maximum absolute atomic E-state index is 11.6. The van der Waals surface area contributed by atoms with Crippen molar-refractivity contribution >= 4 is 17.7 Å².